The van der Waals surface area contributed by atoms with Gasteiger partial charge in [-0.05, 0) is 56.5 Å². The van der Waals surface area contributed by atoms with Gasteiger partial charge in [0.25, 0.3) is 0 Å². The summed E-state index contributed by atoms with van der Waals surface area (Å²) in [6, 6.07) is 16.2. The number of hydrogen-bond acceptors (Lipinski definition) is 5. The van der Waals surface area contributed by atoms with Gasteiger partial charge in [0.1, 0.15) is 5.82 Å². The van der Waals surface area contributed by atoms with Gasteiger partial charge in [-0.2, -0.15) is 9.61 Å². The van der Waals surface area contributed by atoms with Gasteiger partial charge >= 0.3 is 0 Å². The first-order chi connectivity index (χ1) is 15.8. The van der Waals surface area contributed by atoms with E-state index < -0.39 is 10.0 Å². The Morgan fingerprint density at radius 3 is 2.58 bits per heavy atom. The van der Waals surface area contributed by atoms with Gasteiger partial charge in [-0.15, -0.1) is 0 Å². The molecular weight excluding hydrogens is 594 g/mol. The minimum Gasteiger partial charge on any atom is -0.370 e. The summed E-state index contributed by atoms with van der Waals surface area (Å²) in [5.41, 5.74) is 2.19. The van der Waals surface area contributed by atoms with E-state index in [1.165, 1.54) is 4.31 Å². The second kappa shape index (κ2) is 10.1. The molecule has 0 aliphatic rings. The van der Waals surface area contributed by atoms with Crippen LogP contribution in [0.2, 0.25) is 5.02 Å². The number of halogens is 3. The molecule has 33 heavy (non-hydrogen) atoms. The van der Waals surface area contributed by atoms with Crippen molar-refractivity contribution in [3.05, 3.63) is 74.8 Å². The van der Waals surface area contributed by atoms with Crippen LogP contribution >= 0.6 is 43.5 Å². The fraction of sp³-hybridized carbons (Fsp3) is 0.182. The molecule has 2 aromatic heterocycles. The number of sulfonamides is 1. The molecule has 0 amide bonds. The molecule has 11 heteroatoms. The second-order valence-corrected chi connectivity index (χ2v) is 11.4. The standard InChI is InChI=1S/C22H20Br2ClN5O2S/c1-29(33(31,32)20-10-5-3-8-16(20)23)12-6-11-26-21-13-19(15-7-2-4-9-18(15)25)28-22-17(24)14-27-30(21)22/h2-5,7-10,13-14,26H,6,11-12H2,1H3. The van der Waals surface area contributed by atoms with Gasteiger partial charge in [0.15, 0.2) is 5.65 Å². The van der Waals surface area contributed by atoms with Crippen LogP contribution in [-0.2, 0) is 10.0 Å². The van der Waals surface area contributed by atoms with Crippen molar-refractivity contribution in [2.24, 2.45) is 0 Å². The number of nitrogens with one attached hydrogen (secondary N) is 1. The number of benzene rings is 2. The Morgan fingerprint density at radius 2 is 1.82 bits per heavy atom. The summed E-state index contributed by atoms with van der Waals surface area (Å²) in [4.78, 5) is 4.95. The van der Waals surface area contributed by atoms with Gasteiger partial charge in [-0.3, -0.25) is 0 Å². The van der Waals surface area contributed by atoms with Gasteiger partial charge in [0.2, 0.25) is 10.0 Å². The predicted octanol–water partition coefficient (Wildman–Crippen LogP) is 5.70. The molecule has 4 aromatic rings. The summed E-state index contributed by atoms with van der Waals surface area (Å²) in [6.07, 6.45) is 2.27. The highest BCUT2D eigenvalue weighted by atomic mass is 79.9. The molecule has 0 aliphatic carbocycles. The van der Waals surface area contributed by atoms with Gasteiger partial charge in [-0.25, -0.2) is 17.7 Å². The summed E-state index contributed by atoms with van der Waals surface area (Å²) in [5.74, 6) is 0.733. The lowest BCUT2D eigenvalue weighted by Crippen LogP contribution is -2.29. The van der Waals surface area contributed by atoms with Crippen LogP contribution in [-0.4, -0.2) is 47.5 Å². The monoisotopic (exact) mass is 611 g/mol. The van der Waals surface area contributed by atoms with Crippen LogP contribution in [0.4, 0.5) is 5.82 Å². The maximum atomic E-state index is 12.9. The maximum absolute atomic E-state index is 12.9. The summed E-state index contributed by atoms with van der Waals surface area (Å²) >= 11 is 13.2. The van der Waals surface area contributed by atoms with Gasteiger partial charge in [-0.1, -0.05) is 41.9 Å². The third-order valence-corrected chi connectivity index (χ3v) is 8.82. The lowest BCUT2D eigenvalue weighted by Gasteiger charge is -2.18. The summed E-state index contributed by atoms with van der Waals surface area (Å²) in [7, 11) is -2.00. The Balaban J connectivity index is 1.50. The number of anilines is 1. The molecule has 0 fully saturated rings. The summed E-state index contributed by atoms with van der Waals surface area (Å²) in [6.45, 7) is 0.888. The van der Waals surface area contributed by atoms with Crippen LogP contribution in [0.1, 0.15) is 6.42 Å². The molecule has 0 bridgehead atoms. The average Bonchev–Trinajstić information content (AvgIpc) is 3.17. The highest BCUT2D eigenvalue weighted by Gasteiger charge is 2.22. The van der Waals surface area contributed by atoms with E-state index in [1.807, 2.05) is 30.3 Å². The first-order valence-corrected chi connectivity index (χ1v) is 13.4. The smallest absolute Gasteiger partial charge is 0.243 e. The Bertz CT molecular complexity index is 1410. The molecular formula is C22H20Br2ClN5O2S. The second-order valence-electron chi connectivity index (χ2n) is 7.27. The first-order valence-electron chi connectivity index (χ1n) is 10.0. The van der Waals surface area contributed by atoms with Crippen LogP contribution in [0.5, 0.6) is 0 Å². The maximum Gasteiger partial charge on any atom is 0.243 e. The molecule has 7 nitrogen and oxygen atoms in total. The zero-order chi connectivity index (χ0) is 23.6. The fourth-order valence-electron chi connectivity index (χ4n) is 3.33. The van der Waals surface area contributed by atoms with Crippen LogP contribution in [0.3, 0.4) is 0 Å². The average molecular weight is 614 g/mol. The Morgan fingerprint density at radius 1 is 1.09 bits per heavy atom. The topological polar surface area (TPSA) is 79.6 Å². The highest BCUT2D eigenvalue weighted by Crippen LogP contribution is 2.30. The van der Waals surface area contributed by atoms with Crippen LogP contribution in [0.25, 0.3) is 16.9 Å². The van der Waals surface area contributed by atoms with Crippen molar-refractivity contribution in [2.45, 2.75) is 11.3 Å². The summed E-state index contributed by atoms with van der Waals surface area (Å²) in [5, 5.41) is 8.34. The zero-order valence-corrected chi connectivity index (χ0v) is 22.3. The molecule has 0 radical (unpaired) electrons. The third-order valence-electron chi connectivity index (χ3n) is 5.06. The van der Waals surface area contributed by atoms with Crippen LogP contribution < -0.4 is 5.32 Å². The lowest BCUT2D eigenvalue weighted by atomic mass is 10.1. The van der Waals surface area contributed by atoms with Gasteiger partial charge < -0.3 is 5.32 Å². The van der Waals surface area contributed by atoms with Crippen molar-refractivity contribution >= 4 is 64.9 Å². The summed E-state index contributed by atoms with van der Waals surface area (Å²) < 4.78 is 30.1. The van der Waals surface area contributed by atoms with Gasteiger partial charge in [0, 0.05) is 41.3 Å². The Kier molecular flexibility index (Phi) is 7.40. The van der Waals surface area contributed by atoms with E-state index in [9.17, 15) is 8.42 Å². The minimum atomic E-state index is -3.58. The third kappa shape index (κ3) is 5.09. The number of aromatic nitrogens is 3. The molecule has 1 N–H and O–H groups in total. The Hall–Kier alpha value is -1.98. The van der Waals surface area contributed by atoms with E-state index in [1.54, 1.807) is 42.0 Å². The van der Waals surface area contributed by atoms with E-state index in [4.69, 9.17) is 16.6 Å². The molecule has 0 saturated heterocycles. The number of rotatable bonds is 8. The number of fused-ring (bicyclic) bond motifs is 1. The van der Waals surface area contributed by atoms with Crippen molar-refractivity contribution in [3.8, 4) is 11.3 Å². The molecule has 0 aliphatic heterocycles. The van der Waals surface area contributed by atoms with E-state index >= 15 is 0 Å². The molecule has 0 unspecified atom stereocenters. The van der Waals surface area contributed by atoms with Crippen molar-refractivity contribution in [3.63, 3.8) is 0 Å². The van der Waals surface area contributed by atoms with Crippen molar-refractivity contribution in [1.29, 1.82) is 0 Å². The largest absolute Gasteiger partial charge is 0.370 e. The van der Waals surface area contributed by atoms with Crippen molar-refractivity contribution < 1.29 is 8.42 Å². The molecule has 2 aromatic carbocycles. The number of hydrogen-bond donors (Lipinski definition) is 1. The molecule has 0 atom stereocenters. The van der Waals surface area contributed by atoms with Crippen molar-refractivity contribution in [1.82, 2.24) is 18.9 Å². The quantitative estimate of drug-likeness (QED) is 0.258. The van der Waals surface area contributed by atoms with Crippen LogP contribution in [0, 0.1) is 0 Å². The van der Waals surface area contributed by atoms with E-state index in [0.29, 0.717) is 40.3 Å². The van der Waals surface area contributed by atoms with E-state index in [0.717, 1.165) is 15.9 Å². The van der Waals surface area contributed by atoms with Crippen LogP contribution in [0.15, 0.2) is 74.6 Å². The lowest BCUT2D eigenvalue weighted by molar-refractivity contribution is 0.465. The molecule has 172 valence electrons. The van der Waals surface area contributed by atoms with E-state index in [-0.39, 0.29) is 4.90 Å². The number of nitrogens with zero attached hydrogens (tertiary/aromatic N) is 4. The molecule has 0 spiro atoms. The zero-order valence-electron chi connectivity index (χ0n) is 17.5. The SMILES string of the molecule is CN(CCCNc1cc(-c2ccccc2Cl)nc2c(Br)cnn12)S(=O)(=O)c1ccccc1Br. The van der Waals surface area contributed by atoms with Crippen molar-refractivity contribution in [2.75, 3.05) is 25.5 Å². The molecule has 0 saturated carbocycles. The minimum absolute atomic E-state index is 0.252. The highest BCUT2D eigenvalue weighted by molar-refractivity contribution is 9.11. The predicted molar refractivity (Wildman–Crippen MR) is 138 cm³/mol. The van der Waals surface area contributed by atoms with E-state index in [2.05, 4.69) is 42.3 Å². The molecule has 4 rings (SSSR count). The fourth-order valence-corrected chi connectivity index (χ4v) is 6.08. The molecule has 2 heterocycles. The normalized spacial score (nSPS) is 11.9. The Labute approximate surface area is 214 Å². The first kappa shape index (κ1) is 24.2. The van der Waals surface area contributed by atoms with Gasteiger partial charge in [0.05, 0.1) is 21.3 Å².